The van der Waals surface area contributed by atoms with Crippen LogP contribution in [0.1, 0.15) is 0 Å². The van der Waals surface area contributed by atoms with Crippen LogP contribution in [0.3, 0.4) is 0 Å². The van der Waals surface area contributed by atoms with E-state index in [1.165, 1.54) is 4.90 Å². The van der Waals surface area contributed by atoms with Gasteiger partial charge in [-0.1, -0.05) is 18.2 Å². The van der Waals surface area contributed by atoms with Gasteiger partial charge in [0.15, 0.2) is 0 Å². The number of hydrogen-bond donors (Lipinski definition) is 2. The zero-order valence-electron chi connectivity index (χ0n) is 10.5. The van der Waals surface area contributed by atoms with Crippen molar-refractivity contribution < 1.29 is 9.53 Å². The van der Waals surface area contributed by atoms with Crippen molar-refractivity contribution in [2.45, 2.75) is 0 Å². The van der Waals surface area contributed by atoms with E-state index in [0.717, 1.165) is 11.4 Å². The molecule has 5 heteroatoms. The summed E-state index contributed by atoms with van der Waals surface area (Å²) in [4.78, 5) is 12.8. The fourth-order valence-corrected chi connectivity index (χ4v) is 1.58. The number of nitrogens with one attached hydrogen (secondary N) is 1. The van der Waals surface area contributed by atoms with E-state index in [1.807, 2.05) is 30.3 Å². The molecule has 19 heavy (non-hydrogen) atoms. The summed E-state index contributed by atoms with van der Waals surface area (Å²) in [5, 5.41) is 0. The molecule has 2 rings (SSSR count). The Bertz CT molecular complexity index is 540. The van der Waals surface area contributed by atoms with Crippen LogP contribution in [-0.2, 0) is 0 Å². The number of benzene rings is 2. The maximum Gasteiger partial charge on any atom is 0.335 e. The number of para-hydroxylation sites is 1. The molecule has 2 amide bonds. The van der Waals surface area contributed by atoms with Gasteiger partial charge in [-0.2, -0.15) is 0 Å². The van der Waals surface area contributed by atoms with E-state index in [2.05, 4.69) is 5.43 Å². The Morgan fingerprint density at radius 2 is 1.63 bits per heavy atom. The zero-order chi connectivity index (χ0) is 13.7. The van der Waals surface area contributed by atoms with Crippen LogP contribution < -0.4 is 20.9 Å². The average molecular weight is 257 g/mol. The Morgan fingerprint density at radius 1 is 1.05 bits per heavy atom. The van der Waals surface area contributed by atoms with Crippen molar-refractivity contribution in [1.29, 1.82) is 0 Å². The molecule has 0 aliphatic carbocycles. The van der Waals surface area contributed by atoms with Crippen LogP contribution in [0.5, 0.6) is 11.5 Å². The fraction of sp³-hybridized carbons (Fsp3) is 0.0714. The van der Waals surface area contributed by atoms with Gasteiger partial charge in [0.05, 0.1) is 0 Å². The molecule has 2 aromatic rings. The van der Waals surface area contributed by atoms with Crippen LogP contribution in [0.15, 0.2) is 54.6 Å². The minimum atomic E-state index is -0.378. The van der Waals surface area contributed by atoms with Gasteiger partial charge in [-0.05, 0) is 36.4 Å². The Balaban J connectivity index is 2.08. The zero-order valence-corrected chi connectivity index (χ0v) is 10.5. The first-order valence-corrected chi connectivity index (χ1v) is 5.78. The van der Waals surface area contributed by atoms with Crippen molar-refractivity contribution in [1.82, 2.24) is 5.43 Å². The van der Waals surface area contributed by atoms with Crippen LogP contribution in [0.2, 0.25) is 0 Å². The van der Waals surface area contributed by atoms with Crippen LogP contribution in [0.25, 0.3) is 0 Å². The molecule has 0 spiro atoms. The van der Waals surface area contributed by atoms with E-state index in [9.17, 15) is 4.79 Å². The van der Waals surface area contributed by atoms with Crippen molar-refractivity contribution in [2.75, 3.05) is 11.9 Å². The Kier molecular flexibility index (Phi) is 4.00. The molecule has 2 aromatic carbocycles. The summed E-state index contributed by atoms with van der Waals surface area (Å²) in [6.07, 6.45) is 0. The topological polar surface area (TPSA) is 67.6 Å². The molecule has 0 heterocycles. The number of urea groups is 1. The number of carbonyl (C=O) groups is 1. The predicted octanol–water partition coefficient (Wildman–Crippen LogP) is 2.50. The van der Waals surface area contributed by atoms with Gasteiger partial charge in [-0.3, -0.25) is 10.3 Å². The van der Waals surface area contributed by atoms with Crippen LogP contribution in [0.4, 0.5) is 10.5 Å². The highest BCUT2D eigenvalue weighted by molar-refractivity contribution is 5.90. The van der Waals surface area contributed by atoms with Crippen molar-refractivity contribution in [3.8, 4) is 11.5 Å². The van der Waals surface area contributed by atoms with Crippen LogP contribution in [-0.4, -0.2) is 13.1 Å². The van der Waals surface area contributed by atoms with E-state index < -0.39 is 0 Å². The van der Waals surface area contributed by atoms with E-state index in [-0.39, 0.29) is 6.03 Å². The number of anilines is 1. The molecule has 0 atom stereocenters. The third-order valence-corrected chi connectivity index (χ3v) is 2.63. The smallest absolute Gasteiger partial charge is 0.335 e. The summed E-state index contributed by atoms with van der Waals surface area (Å²) in [5.41, 5.74) is 2.80. The molecule has 5 nitrogen and oxygen atoms in total. The summed E-state index contributed by atoms with van der Waals surface area (Å²) in [5.74, 6) is 6.55. The molecule has 0 saturated carbocycles. The second kappa shape index (κ2) is 5.88. The standard InChI is InChI=1S/C14H15N3O2/c1-17(14(18)16-15)11-7-9-13(10-8-11)19-12-5-3-2-4-6-12/h2-10H,15H2,1H3,(H,16,18). The first-order chi connectivity index (χ1) is 9.20. The minimum absolute atomic E-state index is 0.378. The highest BCUT2D eigenvalue weighted by Crippen LogP contribution is 2.23. The summed E-state index contributed by atoms with van der Waals surface area (Å²) < 4.78 is 5.66. The van der Waals surface area contributed by atoms with Crippen LogP contribution in [0, 0.1) is 0 Å². The Hall–Kier alpha value is -2.53. The molecule has 0 aliphatic heterocycles. The lowest BCUT2D eigenvalue weighted by atomic mass is 10.3. The summed E-state index contributed by atoms with van der Waals surface area (Å²) >= 11 is 0. The minimum Gasteiger partial charge on any atom is -0.457 e. The molecule has 98 valence electrons. The molecule has 3 N–H and O–H groups in total. The van der Waals surface area contributed by atoms with E-state index in [1.54, 1.807) is 31.3 Å². The number of hydrazine groups is 1. The van der Waals surface area contributed by atoms with E-state index in [4.69, 9.17) is 10.6 Å². The van der Waals surface area contributed by atoms with E-state index >= 15 is 0 Å². The third-order valence-electron chi connectivity index (χ3n) is 2.63. The van der Waals surface area contributed by atoms with Gasteiger partial charge in [-0.15, -0.1) is 0 Å². The van der Waals surface area contributed by atoms with Gasteiger partial charge >= 0.3 is 6.03 Å². The van der Waals surface area contributed by atoms with Gasteiger partial charge in [0.2, 0.25) is 0 Å². The largest absolute Gasteiger partial charge is 0.457 e. The Labute approximate surface area is 111 Å². The highest BCUT2D eigenvalue weighted by atomic mass is 16.5. The normalized spacial score (nSPS) is 9.79. The highest BCUT2D eigenvalue weighted by Gasteiger charge is 2.08. The van der Waals surface area contributed by atoms with Crippen molar-refractivity contribution in [2.24, 2.45) is 5.84 Å². The van der Waals surface area contributed by atoms with Gasteiger partial charge in [-0.25, -0.2) is 10.6 Å². The van der Waals surface area contributed by atoms with Crippen molar-refractivity contribution >= 4 is 11.7 Å². The van der Waals surface area contributed by atoms with Crippen molar-refractivity contribution in [3.63, 3.8) is 0 Å². The monoisotopic (exact) mass is 257 g/mol. The lowest BCUT2D eigenvalue weighted by Crippen LogP contribution is -2.41. The molecule has 0 bridgehead atoms. The SMILES string of the molecule is CN(C(=O)NN)c1ccc(Oc2ccccc2)cc1. The number of hydrogen-bond acceptors (Lipinski definition) is 3. The molecule has 0 unspecified atom stereocenters. The second-order valence-corrected chi connectivity index (χ2v) is 3.92. The van der Waals surface area contributed by atoms with Gasteiger partial charge in [0, 0.05) is 12.7 Å². The average Bonchev–Trinajstić information content (AvgIpc) is 2.47. The molecule has 0 aromatic heterocycles. The molecule has 0 radical (unpaired) electrons. The molecule has 0 aliphatic rings. The number of amides is 2. The Morgan fingerprint density at radius 3 is 2.21 bits per heavy atom. The number of rotatable bonds is 3. The molecule has 0 saturated heterocycles. The summed E-state index contributed by atoms with van der Waals surface area (Å²) in [6.45, 7) is 0. The predicted molar refractivity (Wildman–Crippen MR) is 74.1 cm³/mol. The fourth-order valence-electron chi connectivity index (χ4n) is 1.58. The first-order valence-electron chi connectivity index (χ1n) is 5.78. The molecular weight excluding hydrogens is 242 g/mol. The van der Waals surface area contributed by atoms with Crippen molar-refractivity contribution in [3.05, 3.63) is 54.6 Å². The third kappa shape index (κ3) is 3.23. The number of nitrogens with zero attached hydrogens (tertiary/aromatic N) is 1. The first kappa shape index (κ1) is 12.9. The van der Waals surface area contributed by atoms with E-state index in [0.29, 0.717) is 5.75 Å². The van der Waals surface area contributed by atoms with Gasteiger partial charge in [0.25, 0.3) is 0 Å². The lowest BCUT2D eigenvalue weighted by Gasteiger charge is -2.16. The second-order valence-electron chi connectivity index (χ2n) is 3.92. The van der Waals surface area contributed by atoms with Crippen LogP contribution >= 0.6 is 0 Å². The summed E-state index contributed by atoms with van der Waals surface area (Å²) in [6, 6.07) is 16.3. The number of carbonyl (C=O) groups excluding carboxylic acids is 1. The maximum absolute atomic E-state index is 11.3. The van der Waals surface area contributed by atoms with Gasteiger partial charge < -0.3 is 4.74 Å². The van der Waals surface area contributed by atoms with Gasteiger partial charge in [0.1, 0.15) is 11.5 Å². The molecular formula is C14H15N3O2. The number of ether oxygens (including phenoxy) is 1. The quantitative estimate of drug-likeness (QED) is 0.504. The molecule has 0 fully saturated rings. The maximum atomic E-state index is 11.3. The summed E-state index contributed by atoms with van der Waals surface area (Å²) in [7, 11) is 1.63. The lowest BCUT2D eigenvalue weighted by molar-refractivity contribution is 0.247. The number of nitrogens with two attached hydrogens (primary N) is 1.